The van der Waals surface area contributed by atoms with Crippen LogP contribution in [-0.4, -0.2) is 16.3 Å². The van der Waals surface area contributed by atoms with Gasteiger partial charge in [-0.15, -0.1) is 0 Å². The molecule has 88 valence electrons. The molecule has 17 heavy (non-hydrogen) atoms. The summed E-state index contributed by atoms with van der Waals surface area (Å²) in [5.41, 5.74) is 8.52. The lowest BCUT2D eigenvalue weighted by atomic mass is 10.2. The van der Waals surface area contributed by atoms with E-state index < -0.39 is 0 Å². The van der Waals surface area contributed by atoms with Gasteiger partial charge in [-0.25, -0.2) is 4.39 Å². The van der Waals surface area contributed by atoms with Gasteiger partial charge in [0.1, 0.15) is 5.82 Å². The zero-order chi connectivity index (χ0) is 12.0. The minimum absolute atomic E-state index is 0.231. The van der Waals surface area contributed by atoms with Gasteiger partial charge in [0.15, 0.2) is 5.82 Å². The lowest BCUT2D eigenvalue weighted by Crippen LogP contribution is -2.15. The van der Waals surface area contributed by atoms with Gasteiger partial charge in [0.05, 0.1) is 5.69 Å². The van der Waals surface area contributed by atoms with Crippen LogP contribution < -0.4 is 10.6 Å². The molecule has 1 aromatic carbocycles. The third-order valence-corrected chi connectivity index (χ3v) is 3.04. The molecule has 1 aromatic heterocycles. The predicted molar refractivity (Wildman–Crippen MR) is 64.7 cm³/mol. The second-order valence-electron chi connectivity index (χ2n) is 4.26. The third-order valence-electron chi connectivity index (χ3n) is 3.04. The molecule has 1 aliphatic heterocycles. The maximum atomic E-state index is 13.3. The van der Waals surface area contributed by atoms with E-state index in [1.165, 1.54) is 12.1 Å². The van der Waals surface area contributed by atoms with E-state index in [0.717, 1.165) is 24.2 Å². The third kappa shape index (κ3) is 1.54. The zero-order valence-corrected chi connectivity index (χ0v) is 9.52. The average molecular weight is 232 g/mol. The van der Waals surface area contributed by atoms with Gasteiger partial charge in [-0.3, -0.25) is 4.68 Å². The molecule has 0 radical (unpaired) electrons. The summed E-state index contributed by atoms with van der Waals surface area (Å²) in [5.74, 6) is 0.474. The summed E-state index contributed by atoms with van der Waals surface area (Å²) in [5, 5.41) is 4.32. The fraction of sp³-hybridized carbons (Fsp3) is 0.250. The first kappa shape index (κ1) is 10.1. The summed E-state index contributed by atoms with van der Waals surface area (Å²) in [7, 11) is 1.82. The summed E-state index contributed by atoms with van der Waals surface area (Å²) in [4.78, 5) is 1.97. The summed E-state index contributed by atoms with van der Waals surface area (Å²) >= 11 is 0. The molecule has 0 bridgehead atoms. The van der Waals surface area contributed by atoms with Gasteiger partial charge in [-0.2, -0.15) is 5.10 Å². The minimum atomic E-state index is -0.231. The molecule has 2 heterocycles. The number of anilines is 3. The molecule has 3 rings (SSSR count). The molecule has 0 amide bonds. The van der Waals surface area contributed by atoms with Crippen molar-refractivity contribution in [1.29, 1.82) is 0 Å². The van der Waals surface area contributed by atoms with Crippen molar-refractivity contribution < 1.29 is 4.39 Å². The Hall–Kier alpha value is -2.04. The van der Waals surface area contributed by atoms with Crippen molar-refractivity contribution in [3.8, 4) is 0 Å². The molecule has 0 spiro atoms. The normalized spacial score (nSPS) is 14.1. The number of nitrogens with two attached hydrogens (primary N) is 1. The van der Waals surface area contributed by atoms with Crippen molar-refractivity contribution in [3.05, 3.63) is 35.8 Å². The summed E-state index contributed by atoms with van der Waals surface area (Å²) < 4.78 is 14.9. The van der Waals surface area contributed by atoms with Crippen LogP contribution in [0.3, 0.4) is 0 Å². The smallest absolute Gasteiger partial charge is 0.178 e. The lowest BCUT2D eigenvalue weighted by molar-refractivity contribution is 0.628. The van der Waals surface area contributed by atoms with Crippen LogP contribution in [0.15, 0.2) is 24.4 Å². The molecule has 4 nitrogen and oxygen atoms in total. The largest absolute Gasteiger partial charge is 0.394 e. The van der Waals surface area contributed by atoms with E-state index in [1.54, 1.807) is 10.9 Å². The summed E-state index contributed by atoms with van der Waals surface area (Å²) in [6.45, 7) is 0.792. The van der Waals surface area contributed by atoms with Crippen molar-refractivity contribution in [2.45, 2.75) is 6.42 Å². The Morgan fingerprint density at radius 3 is 2.94 bits per heavy atom. The molecule has 2 aromatic rings. The van der Waals surface area contributed by atoms with E-state index in [0.29, 0.717) is 11.5 Å². The predicted octanol–water partition coefficient (Wildman–Crippen LogP) is 1.84. The Morgan fingerprint density at radius 2 is 2.24 bits per heavy atom. The molecule has 0 fully saturated rings. The lowest BCUT2D eigenvalue weighted by Gasteiger charge is -2.17. The molecule has 0 atom stereocenters. The van der Waals surface area contributed by atoms with Crippen molar-refractivity contribution >= 4 is 17.2 Å². The van der Waals surface area contributed by atoms with Crippen LogP contribution in [-0.2, 0) is 13.5 Å². The van der Waals surface area contributed by atoms with Gasteiger partial charge in [-0.05, 0) is 24.1 Å². The Kier molecular flexibility index (Phi) is 2.07. The number of fused-ring (bicyclic) bond motifs is 1. The van der Waals surface area contributed by atoms with Gasteiger partial charge in [-0.1, -0.05) is 6.07 Å². The molecule has 2 N–H and O–H groups in total. The number of nitrogen functional groups attached to an aromatic ring is 1. The molecule has 5 heteroatoms. The van der Waals surface area contributed by atoms with Crippen molar-refractivity contribution in [2.24, 2.45) is 7.05 Å². The molecule has 0 aliphatic carbocycles. The summed E-state index contributed by atoms with van der Waals surface area (Å²) in [6.07, 6.45) is 2.65. The first-order valence-corrected chi connectivity index (χ1v) is 5.50. The number of halogens is 1. The summed E-state index contributed by atoms with van der Waals surface area (Å²) in [6, 6.07) is 4.85. The van der Waals surface area contributed by atoms with E-state index >= 15 is 0 Å². The number of hydrogen-bond donors (Lipinski definition) is 1. The standard InChI is InChI=1S/C12H13FN4/c1-16-7-10(14)12(15-16)17-5-4-8-2-3-9(13)6-11(8)17/h2-3,6-7H,4-5,14H2,1H3. The van der Waals surface area contributed by atoms with Crippen molar-refractivity contribution in [1.82, 2.24) is 9.78 Å². The SMILES string of the molecule is Cn1cc(N)c(N2CCc3ccc(F)cc32)n1. The van der Waals surface area contributed by atoms with Gasteiger partial charge < -0.3 is 10.6 Å². The van der Waals surface area contributed by atoms with Gasteiger partial charge >= 0.3 is 0 Å². The van der Waals surface area contributed by atoms with E-state index in [1.807, 2.05) is 18.0 Å². The second-order valence-corrected chi connectivity index (χ2v) is 4.26. The van der Waals surface area contributed by atoms with E-state index in [9.17, 15) is 4.39 Å². The van der Waals surface area contributed by atoms with Crippen LogP contribution in [0, 0.1) is 5.82 Å². The van der Waals surface area contributed by atoms with Crippen LogP contribution in [0.4, 0.5) is 21.6 Å². The monoisotopic (exact) mass is 232 g/mol. The first-order valence-electron chi connectivity index (χ1n) is 5.50. The molecule has 0 saturated heterocycles. The van der Waals surface area contributed by atoms with Gasteiger partial charge in [0.2, 0.25) is 0 Å². The Bertz CT molecular complexity index is 576. The highest BCUT2D eigenvalue weighted by Gasteiger charge is 2.24. The van der Waals surface area contributed by atoms with Crippen LogP contribution in [0.5, 0.6) is 0 Å². The highest BCUT2D eigenvalue weighted by molar-refractivity contribution is 5.74. The highest BCUT2D eigenvalue weighted by Crippen LogP contribution is 2.36. The van der Waals surface area contributed by atoms with E-state index in [4.69, 9.17) is 5.73 Å². The van der Waals surface area contributed by atoms with E-state index in [-0.39, 0.29) is 5.82 Å². The number of aromatic nitrogens is 2. The first-order chi connectivity index (χ1) is 8.15. The van der Waals surface area contributed by atoms with Gasteiger partial charge in [0.25, 0.3) is 0 Å². The number of rotatable bonds is 1. The zero-order valence-electron chi connectivity index (χ0n) is 9.52. The van der Waals surface area contributed by atoms with Gasteiger partial charge in [0, 0.05) is 25.5 Å². The highest BCUT2D eigenvalue weighted by atomic mass is 19.1. The Labute approximate surface area is 98.4 Å². The fourth-order valence-electron chi connectivity index (χ4n) is 2.28. The molecule has 1 aliphatic rings. The van der Waals surface area contributed by atoms with E-state index in [2.05, 4.69) is 5.10 Å². The second kappa shape index (κ2) is 3.48. The Morgan fingerprint density at radius 1 is 1.41 bits per heavy atom. The van der Waals surface area contributed by atoms with Crippen molar-refractivity contribution in [3.63, 3.8) is 0 Å². The fourth-order valence-corrected chi connectivity index (χ4v) is 2.28. The molecular weight excluding hydrogens is 219 g/mol. The topological polar surface area (TPSA) is 47.1 Å². The van der Waals surface area contributed by atoms with Crippen LogP contribution >= 0.6 is 0 Å². The minimum Gasteiger partial charge on any atom is -0.394 e. The number of nitrogens with zero attached hydrogens (tertiary/aromatic N) is 3. The van der Waals surface area contributed by atoms with Crippen molar-refractivity contribution in [2.75, 3.05) is 17.2 Å². The number of benzene rings is 1. The molecule has 0 unspecified atom stereocenters. The Balaban J connectivity index is 2.09. The maximum absolute atomic E-state index is 13.3. The van der Waals surface area contributed by atoms with Crippen LogP contribution in [0.25, 0.3) is 0 Å². The van der Waals surface area contributed by atoms with Crippen LogP contribution in [0.2, 0.25) is 0 Å². The molecular formula is C12H13FN4. The van der Waals surface area contributed by atoms with Crippen LogP contribution in [0.1, 0.15) is 5.56 Å². The quantitative estimate of drug-likeness (QED) is 0.816. The number of aryl methyl sites for hydroxylation is 1. The molecule has 0 saturated carbocycles. The number of hydrogen-bond acceptors (Lipinski definition) is 3. The maximum Gasteiger partial charge on any atom is 0.178 e. The average Bonchev–Trinajstić information content (AvgIpc) is 2.81.